The monoisotopic (exact) mass is 394 g/mol. The van der Waals surface area contributed by atoms with Crippen LogP contribution in [0.2, 0.25) is 0 Å². The highest BCUT2D eigenvalue weighted by Crippen LogP contribution is 2.33. The van der Waals surface area contributed by atoms with E-state index >= 15 is 0 Å². The van der Waals surface area contributed by atoms with E-state index in [2.05, 4.69) is 20.0 Å². The zero-order valence-electron chi connectivity index (χ0n) is 16.2. The third-order valence-electron chi connectivity index (χ3n) is 5.43. The van der Waals surface area contributed by atoms with Crippen LogP contribution >= 0.6 is 0 Å². The minimum atomic E-state index is -0.377. The SMILES string of the molecule is COc1ccc(-c2noc(-c3ccc(N4CCC5(CC4)OCCO5)nc3)n2)cc1. The Bertz CT molecular complexity index is 955. The number of methoxy groups -OCH3 is 1. The quantitative estimate of drug-likeness (QED) is 0.667. The van der Waals surface area contributed by atoms with E-state index in [4.69, 9.17) is 18.7 Å². The topological polar surface area (TPSA) is 82.7 Å². The van der Waals surface area contributed by atoms with Crippen LogP contribution in [0.3, 0.4) is 0 Å². The van der Waals surface area contributed by atoms with Crippen molar-refractivity contribution in [1.82, 2.24) is 15.1 Å². The molecule has 29 heavy (non-hydrogen) atoms. The average Bonchev–Trinajstić information content (AvgIpc) is 3.45. The highest BCUT2D eigenvalue weighted by Gasteiger charge is 2.40. The van der Waals surface area contributed by atoms with Crippen LogP contribution in [0.1, 0.15) is 12.8 Å². The molecule has 4 heterocycles. The molecule has 0 unspecified atom stereocenters. The molecule has 0 amide bonds. The molecule has 2 aliphatic heterocycles. The Labute approximate surface area is 168 Å². The lowest BCUT2D eigenvalue weighted by molar-refractivity contribution is -0.169. The first kappa shape index (κ1) is 18.1. The minimum Gasteiger partial charge on any atom is -0.497 e. The molecule has 1 aromatic carbocycles. The van der Waals surface area contributed by atoms with Gasteiger partial charge in [0, 0.05) is 37.7 Å². The molecule has 150 valence electrons. The van der Waals surface area contributed by atoms with Gasteiger partial charge in [0.2, 0.25) is 5.82 Å². The Morgan fingerprint density at radius 1 is 0.966 bits per heavy atom. The maximum Gasteiger partial charge on any atom is 0.259 e. The summed E-state index contributed by atoms with van der Waals surface area (Å²) in [6.45, 7) is 3.09. The van der Waals surface area contributed by atoms with Gasteiger partial charge in [-0.2, -0.15) is 4.98 Å². The normalized spacial score (nSPS) is 18.3. The van der Waals surface area contributed by atoms with Gasteiger partial charge in [0.1, 0.15) is 11.6 Å². The summed E-state index contributed by atoms with van der Waals surface area (Å²) >= 11 is 0. The Kier molecular flexibility index (Phi) is 4.65. The number of ether oxygens (including phenoxy) is 3. The predicted molar refractivity (Wildman–Crippen MR) is 106 cm³/mol. The predicted octanol–water partition coefficient (Wildman–Crippen LogP) is 3.15. The van der Waals surface area contributed by atoms with Crippen LogP contribution in [0, 0.1) is 0 Å². The summed E-state index contributed by atoms with van der Waals surface area (Å²) in [5.41, 5.74) is 1.65. The Balaban J connectivity index is 1.27. The van der Waals surface area contributed by atoms with Gasteiger partial charge in [0.25, 0.3) is 5.89 Å². The molecule has 0 bridgehead atoms. The van der Waals surface area contributed by atoms with Gasteiger partial charge in [-0.05, 0) is 36.4 Å². The van der Waals surface area contributed by atoms with E-state index in [0.29, 0.717) is 24.9 Å². The molecular formula is C21H22N4O4. The van der Waals surface area contributed by atoms with Crippen molar-refractivity contribution in [2.24, 2.45) is 0 Å². The number of anilines is 1. The second-order valence-electron chi connectivity index (χ2n) is 7.15. The van der Waals surface area contributed by atoms with Crippen molar-refractivity contribution < 1.29 is 18.7 Å². The van der Waals surface area contributed by atoms with Crippen LogP contribution in [0.25, 0.3) is 22.8 Å². The van der Waals surface area contributed by atoms with E-state index < -0.39 is 0 Å². The molecule has 5 rings (SSSR count). The lowest BCUT2D eigenvalue weighted by atomic mass is 10.0. The van der Waals surface area contributed by atoms with Gasteiger partial charge in [0.05, 0.1) is 25.9 Å². The minimum absolute atomic E-state index is 0.377. The van der Waals surface area contributed by atoms with Crippen molar-refractivity contribution in [3.63, 3.8) is 0 Å². The van der Waals surface area contributed by atoms with E-state index in [1.54, 1.807) is 13.3 Å². The number of pyridine rings is 1. The van der Waals surface area contributed by atoms with Crippen LogP contribution in [-0.4, -0.2) is 54.3 Å². The lowest BCUT2D eigenvalue weighted by Crippen LogP contribution is -2.45. The molecule has 2 saturated heterocycles. The molecular weight excluding hydrogens is 372 g/mol. The van der Waals surface area contributed by atoms with Gasteiger partial charge >= 0.3 is 0 Å². The van der Waals surface area contributed by atoms with Crippen molar-refractivity contribution in [3.8, 4) is 28.6 Å². The summed E-state index contributed by atoms with van der Waals surface area (Å²) in [6.07, 6.45) is 3.48. The second-order valence-corrected chi connectivity index (χ2v) is 7.15. The molecule has 0 saturated carbocycles. The summed E-state index contributed by atoms with van der Waals surface area (Å²) in [5, 5.41) is 4.08. The van der Waals surface area contributed by atoms with Gasteiger partial charge in [-0.15, -0.1) is 0 Å². The van der Waals surface area contributed by atoms with E-state index in [-0.39, 0.29) is 5.79 Å². The zero-order chi connectivity index (χ0) is 19.7. The fourth-order valence-corrected chi connectivity index (χ4v) is 3.76. The summed E-state index contributed by atoms with van der Waals surface area (Å²) < 4.78 is 22.2. The average molecular weight is 394 g/mol. The maximum atomic E-state index is 5.79. The van der Waals surface area contributed by atoms with Crippen molar-refractivity contribution in [2.45, 2.75) is 18.6 Å². The molecule has 0 N–H and O–H groups in total. The summed E-state index contributed by atoms with van der Waals surface area (Å²) in [4.78, 5) is 11.3. The summed E-state index contributed by atoms with van der Waals surface area (Å²) in [6, 6.07) is 11.5. The fourth-order valence-electron chi connectivity index (χ4n) is 3.76. The number of aromatic nitrogens is 3. The van der Waals surface area contributed by atoms with E-state index in [1.165, 1.54) is 0 Å². The van der Waals surface area contributed by atoms with Crippen LogP contribution in [0.15, 0.2) is 47.1 Å². The third kappa shape index (κ3) is 3.56. The summed E-state index contributed by atoms with van der Waals surface area (Å²) in [5.74, 6) is 2.31. The molecule has 0 atom stereocenters. The largest absolute Gasteiger partial charge is 0.497 e. The molecule has 8 heteroatoms. The standard InChI is InChI=1S/C21H22N4O4/c1-26-17-5-2-15(3-6-17)19-23-20(29-24-19)16-4-7-18(22-14-16)25-10-8-21(9-11-25)27-12-13-28-21/h2-7,14H,8-13H2,1H3. The first-order valence-electron chi connectivity index (χ1n) is 9.72. The molecule has 2 fully saturated rings. The molecule has 0 radical (unpaired) electrons. The van der Waals surface area contributed by atoms with E-state index in [9.17, 15) is 0 Å². The second kappa shape index (κ2) is 7.46. The number of rotatable bonds is 4. The molecule has 0 aliphatic carbocycles. The third-order valence-corrected chi connectivity index (χ3v) is 5.43. The van der Waals surface area contributed by atoms with Gasteiger partial charge < -0.3 is 23.6 Å². The Morgan fingerprint density at radius 3 is 2.34 bits per heavy atom. The maximum absolute atomic E-state index is 5.79. The van der Waals surface area contributed by atoms with Crippen molar-refractivity contribution in [1.29, 1.82) is 0 Å². The van der Waals surface area contributed by atoms with Crippen LogP contribution in [0.5, 0.6) is 5.75 Å². The van der Waals surface area contributed by atoms with Crippen LogP contribution in [-0.2, 0) is 9.47 Å². The number of hydrogen-bond acceptors (Lipinski definition) is 8. The van der Waals surface area contributed by atoms with Crippen LogP contribution < -0.4 is 9.64 Å². The van der Waals surface area contributed by atoms with Gasteiger partial charge in [0.15, 0.2) is 5.79 Å². The molecule has 2 aromatic heterocycles. The number of hydrogen-bond donors (Lipinski definition) is 0. The Hall–Kier alpha value is -2.97. The number of benzene rings is 1. The lowest BCUT2D eigenvalue weighted by Gasteiger charge is -2.38. The number of nitrogens with zero attached hydrogens (tertiary/aromatic N) is 4. The van der Waals surface area contributed by atoms with E-state index in [1.807, 2.05) is 36.4 Å². The number of piperidine rings is 1. The first-order valence-corrected chi connectivity index (χ1v) is 9.72. The van der Waals surface area contributed by atoms with Crippen molar-refractivity contribution in [3.05, 3.63) is 42.6 Å². The molecule has 8 nitrogen and oxygen atoms in total. The van der Waals surface area contributed by atoms with Crippen LogP contribution in [0.4, 0.5) is 5.82 Å². The van der Waals surface area contributed by atoms with Gasteiger partial charge in [-0.3, -0.25) is 0 Å². The van der Waals surface area contributed by atoms with Gasteiger partial charge in [-0.1, -0.05) is 5.16 Å². The smallest absolute Gasteiger partial charge is 0.259 e. The molecule has 2 aliphatic rings. The zero-order valence-corrected chi connectivity index (χ0v) is 16.2. The summed E-state index contributed by atoms with van der Waals surface area (Å²) in [7, 11) is 1.64. The van der Waals surface area contributed by atoms with Crippen molar-refractivity contribution >= 4 is 5.82 Å². The van der Waals surface area contributed by atoms with Gasteiger partial charge in [-0.25, -0.2) is 4.98 Å². The molecule has 1 spiro atoms. The fraction of sp³-hybridized carbons (Fsp3) is 0.381. The highest BCUT2D eigenvalue weighted by molar-refractivity contribution is 5.61. The van der Waals surface area contributed by atoms with E-state index in [0.717, 1.165) is 48.6 Å². The highest BCUT2D eigenvalue weighted by atomic mass is 16.7. The first-order chi connectivity index (χ1) is 14.2. The molecule has 3 aromatic rings. The Morgan fingerprint density at radius 2 is 1.69 bits per heavy atom. The van der Waals surface area contributed by atoms with Crippen molar-refractivity contribution in [2.75, 3.05) is 38.3 Å².